The molecule has 120 valence electrons. The van der Waals surface area contributed by atoms with Crippen molar-refractivity contribution in [3.8, 4) is 0 Å². The van der Waals surface area contributed by atoms with E-state index in [9.17, 15) is 9.59 Å². The van der Waals surface area contributed by atoms with Gasteiger partial charge in [-0.15, -0.1) is 0 Å². The second kappa shape index (κ2) is 7.82. The Balaban J connectivity index is 1.75. The minimum atomic E-state index is -0.0697. The summed E-state index contributed by atoms with van der Waals surface area (Å²) in [6.07, 6.45) is 1.14. The Morgan fingerprint density at radius 1 is 1.36 bits per heavy atom. The Labute approximate surface area is 132 Å². The lowest BCUT2D eigenvalue weighted by Gasteiger charge is -2.31. The van der Waals surface area contributed by atoms with Crippen LogP contribution in [0.3, 0.4) is 0 Å². The highest BCUT2D eigenvalue weighted by Crippen LogP contribution is 2.17. The molecule has 0 radical (unpaired) electrons. The molecule has 1 aromatic rings. The first kappa shape index (κ1) is 16.3. The van der Waals surface area contributed by atoms with Gasteiger partial charge in [0, 0.05) is 45.3 Å². The molecule has 2 rings (SSSR count). The van der Waals surface area contributed by atoms with Crippen molar-refractivity contribution in [2.24, 2.45) is 5.92 Å². The monoisotopic (exact) mass is 303 g/mol. The number of anilines is 1. The fraction of sp³-hybridized carbons (Fsp3) is 0.529. The number of benzene rings is 1. The predicted octanol–water partition coefficient (Wildman–Crippen LogP) is 1.50. The van der Waals surface area contributed by atoms with E-state index < -0.39 is 0 Å². The number of nitrogens with zero attached hydrogens (tertiary/aromatic N) is 2. The van der Waals surface area contributed by atoms with Crippen LogP contribution in [0, 0.1) is 5.92 Å². The lowest BCUT2D eigenvalue weighted by molar-refractivity contribution is -0.138. The van der Waals surface area contributed by atoms with Gasteiger partial charge in [-0.3, -0.25) is 9.59 Å². The van der Waals surface area contributed by atoms with Gasteiger partial charge in [0.1, 0.15) is 0 Å². The molecular weight excluding hydrogens is 278 g/mol. The van der Waals surface area contributed by atoms with E-state index in [0.29, 0.717) is 32.5 Å². The van der Waals surface area contributed by atoms with Crippen LogP contribution in [-0.2, 0) is 9.59 Å². The Kier molecular flexibility index (Phi) is 5.81. The van der Waals surface area contributed by atoms with Crippen LogP contribution in [0.5, 0.6) is 0 Å². The minimum absolute atomic E-state index is 0.0624. The summed E-state index contributed by atoms with van der Waals surface area (Å²) in [5, 5.41) is 2.99. The van der Waals surface area contributed by atoms with Gasteiger partial charge in [0.2, 0.25) is 11.8 Å². The summed E-state index contributed by atoms with van der Waals surface area (Å²) < 4.78 is 0. The second-order valence-corrected chi connectivity index (χ2v) is 5.72. The van der Waals surface area contributed by atoms with Crippen molar-refractivity contribution in [1.82, 2.24) is 10.2 Å². The number of nitrogens with one attached hydrogen (secondary N) is 1. The zero-order valence-corrected chi connectivity index (χ0v) is 13.4. The highest BCUT2D eigenvalue weighted by Gasteiger charge is 2.28. The number of likely N-dealkylation sites (tertiary alicyclic amines) is 1. The molecule has 5 heteroatoms. The molecule has 22 heavy (non-hydrogen) atoms. The zero-order valence-electron chi connectivity index (χ0n) is 13.4. The average molecular weight is 303 g/mol. The molecule has 1 aliphatic rings. The summed E-state index contributed by atoms with van der Waals surface area (Å²) in [6.45, 7) is 4.56. The van der Waals surface area contributed by atoms with Crippen LogP contribution in [0.1, 0.15) is 19.8 Å². The maximum absolute atomic E-state index is 12.2. The van der Waals surface area contributed by atoms with Crippen molar-refractivity contribution in [3.05, 3.63) is 30.3 Å². The molecule has 0 aromatic heterocycles. The van der Waals surface area contributed by atoms with Crippen molar-refractivity contribution >= 4 is 17.5 Å². The maximum Gasteiger partial charge on any atom is 0.224 e. The molecule has 1 atom stereocenters. The summed E-state index contributed by atoms with van der Waals surface area (Å²) in [5.41, 5.74) is 1.14. The third kappa shape index (κ3) is 4.23. The van der Waals surface area contributed by atoms with Gasteiger partial charge in [0.05, 0.1) is 5.92 Å². The van der Waals surface area contributed by atoms with Gasteiger partial charge in [0.25, 0.3) is 0 Å². The molecule has 1 saturated heterocycles. The number of hydrogen-bond donors (Lipinski definition) is 1. The zero-order chi connectivity index (χ0) is 15.9. The fourth-order valence-electron chi connectivity index (χ4n) is 2.74. The molecule has 1 fully saturated rings. The minimum Gasteiger partial charge on any atom is -0.373 e. The molecule has 1 aliphatic heterocycles. The van der Waals surface area contributed by atoms with E-state index in [1.807, 2.05) is 44.3 Å². The van der Waals surface area contributed by atoms with Gasteiger partial charge in [0.15, 0.2) is 0 Å². The predicted molar refractivity (Wildman–Crippen MR) is 87.7 cm³/mol. The van der Waals surface area contributed by atoms with E-state index in [0.717, 1.165) is 12.2 Å². The molecule has 2 amide bonds. The van der Waals surface area contributed by atoms with Crippen LogP contribution in [-0.4, -0.2) is 49.9 Å². The van der Waals surface area contributed by atoms with Crippen molar-refractivity contribution in [2.75, 3.05) is 38.1 Å². The van der Waals surface area contributed by atoms with Crippen molar-refractivity contribution in [1.29, 1.82) is 0 Å². The number of carbonyl (C=O) groups excluding carboxylic acids is 2. The van der Waals surface area contributed by atoms with Gasteiger partial charge >= 0.3 is 0 Å². The largest absolute Gasteiger partial charge is 0.373 e. The van der Waals surface area contributed by atoms with Gasteiger partial charge < -0.3 is 15.1 Å². The molecule has 0 unspecified atom stereocenters. The summed E-state index contributed by atoms with van der Waals surface area (Å²) in [7, 11) is 2.01. The van der Waals surface area contributed by atoms with E-state index in [1.165, 1.54) is 0 Å². The Morgan fingerprint density at radius 3 is 2.77 bits per heavy atom. The summed E-state index contributed by atoms with van der Waals surface area (Å²) in [6, 6.07) is 10.1. The van der Waals surface area contributed by atoms with Crippen LogP contribution < -0.4 is 10.2 Å². The molecule has 1 aromatic carbocycles. The topological polar surface area (TPSA) is 52.7 Å². The standard InChI is InChI=1S/C17H25N3O2/c1-3-20-13-14(9-10-16(20)21)17(22)18-11-12-19(2)15-7-5-4-6-8-15/h4-8,14H,3,9-13H2,1-2H3,(H,18,22)/t14-/m0/s1. The Morgan fingerprint density at radius 2 is 2.09 bits per heavy atom. The van der Waals surface area contributed by atoms with Gasteiger partial charge in [-0.25, -0.2) is 0 Å². The Bertz CT molecular complexity index is 504. The van der Waals surface area contributed by atoms with Gasteiger partial charge in [-0.05, 0) is 25.5 Å². The first-order chi connectivity index (χ1) is 10.6. The third-order valence-corrected chi connectivity index (χ3v) is 4.20. The molecule has 1 N–H and O–H groups in total. The number of para-hydroxylation sites is 1. The SMILES string of the molecule is CCN1C[C@@H](C(=O)NCCN(C)c2ccccc2)CCC1=O. The lowest BCUT2D eigenvalue weighted by Crippen LogP contribution is -2.46. The quantitative estimate of drug-likeness (QED) is 0.866. The first-order valence-corrected chi connectivity index (χ1v) is 7.93. The van der Waals surface area contributed by atoms with Crippen molar-refractivity contribution in [2.45, 2.75) is 19.8 Å². The van der Waals surface area contributed by atoms with Gasteiger partial charge in [-0.1, -0.05) is 18.2 Å². The van der Waals surface area contributed by atoms with Crippen molar-refractivity contribution in [3.63, 3.8) is 0 Å². The highest BCUT2D eigenvalue weighted by molar-refractivity contribution is 5.83. The molecular formula is C17H25N3O2. The van der Waals surface area contributed by atoms with E-state index in [1.54, 1.807) is 4.90 Å². The van der Waals surface area contributed by atoms with Gasteiger partial charge in [-0.2, -0.15) is 0 Å². The lowest BCUT2D eigenvalue weighted by atomic mass is 9.96. The second-order valence-electron chi connectivity index (χ2n) is 5.72. The van der Waals surface area contributed by atoms with Crippen LogP contribution in [0.4, 0.5) is 5.69 Å². The van der Waals surface area contributed by atoms with Crippen LogP contribution in [0.2, 0.25) is 0 Å². The highest BCUT2D eigenvalue weighted by atomic mass is 16.2. The van der Waals surface area contributed by atoms with Crippen LogP contribution in [0.15, 0.2) is 30.3 Å². The smallest absolute Gasteiger partial charge is 0.224 e. The first-order valence-electron chi connectivity index (χ1n) is 7.93. The van der Waals surface area contributed by atoms with Crippen molar-refractivity contribution < 1.29 is 9.59 Å². The number of likely N-dealkylation sites (N-methyl/N-ethyl adjacent to an activating group) is 1. The molecule has 0 bridgehead atoms. The molecule has 1 heterocycles. The average Bonchev–Trinajstić information content (AvgIpc) is 2.55. The van der Waals surface area contributed by atoms with Crippen LogP contribution >= 0.6 is 0 Å². The summed E-state index contributed by atoms with van der Waals surface area (Å²) >= 11 is 0. The molecule has 0 spiro atoms. The summed E-state index contributed by atoms with van der Waals surface area (Å²) in [5.74, 6) is 0.155. The molecule has 0 aliphatic carbocycles. The number of piperidine rings is 1. The fourth-order valence-corrected chi connectivity index (χ4v) is 2.74. The maximum atomic E-state index is 12.2. The number of rotatable bonds is 6. The van der Waals surface area contributed by atoms with Crippen LogP contribution in [0.25, 0.3) is 0 Å². The number of amides is 2. The number of hydrogen-bond acceptors (Lipinski definition) is 3. The summed E-state index contributed by atoms with van der Waals surface area (Å²) in [4.78, 5) is 27.7. The van der Waals surface area contributed by atoms with E-state index in [2.05, 4.69) is 10.2 Å². The molecule has 5 nitrogen and oxygen atoms in total. The van der Waals surface area contributed by atoms with E-state index in [4.69, 9.17) is 0 Å². The normalized spacial score (nSPS) is 18.2. The Hall–Kier alpha value is -2.04. The van der Waals surface area contributed by atoms with E-state index in [-0.39, 0.29) is 17.7 Å². The van der Waals surface area contributed by atoms with E-state index >= 15 is 0 Å². The molecule has 0 saturated carbocycles. The number of carbonyl (C=O) groups is 2. The third-order valence-electron chi connectivity index (χ3n) is 4.20.